The Morgan fingerprint density at radius 1 is 1.40 bits per heavy atom. The molecule has 0 radical (unpaired) electrons. The number of hydrogen-bond donors (Lipinski definition) is 2. The minimum absolute atomic E-state index is 0.252. The molecule has 0 aromatic heterocycles. The van der Waals surface area contributed by atoms with Crippen LogP contribution in [0.25, 0.3) is 0 Å². The van der Waals surface area contributed by atoms with E-state index in [0.29, 0.717) is 12.6 Å². The summed E-state index contributed by atoms with van der Waals surface area (Å²) in [5.74, 6) is 2.17. The second-order valence-corrected chi connectivity index (χ2v) is 8.33. The summed E-state index contributed by atoms with van der Waals surface area (Å²) in [5, 5.41) is 13.8. The molecule has 0 bridgehead atoms. The summed E-state index contributed by atoms with van der Waals surface area (Å²) in [6, 6.07) is 0.439. The van der Waals surface area contributed by atoms with E-state index in [0.717, 1.165) is 43.9 Å². The standard InChI is InChI=1S/C15H28N2O2S/c1-14(2,3)13(18)17-7-4-12(5-8-17)16-10-15(19)6-9-20-11-15/h12,16,19H,4-11H2,1-3H3. The van der Waals surface area contributed by atoms with Crippen molar-refractivity contribution >= 4 is 17.7 Å². The van der Waals surface area contributed by atoms with Gasteiger partial charge in [-0.3, -0.25) is 4.79 Å². The molecule has 0 spiro atoms. The molecule has 116 valence electrons. The molecule has 0 saturated carbocycles. The van der Waals surface area contributed by atoms with Gasteiger partial charge in [-0.15, -0.1) is 0 Å². The average molecular weight is 300 g/mol. The van der Waals surface area contributed by atoms with Gasteiger partial charge < -0.3 is 15.3 Å². The Bertz CT molecular complexity index is 340. The van der Waals surface area contributed by atoms with E-state index >= 15 is 0 Å². The van der Waals surface area contributed by atoms with Crippen LogP contribution in [0.15, 0.2) is 0 Å². The number of thioether (sulfide) groups is 1. The van der Waals surface area contributed by atoms with Gasteiger partial charge in [0.1, 0.15) is 0 Å². The van der Waals surface area contributed by atoms with E-state index < -0.39 is 5.60 Å². The zero-order chi connectivity index (χ0) is 14.8. The topological polar surface area (TPSA) is 52.6 Å². The third-order valence-corrected chi connectivity index (χ3v) is 5.46. The number of nitrogens with zero attached hydrogens (tertiary/aromatic N) is 1. The lowest BCUT2D eigenvalue weighted by atomic mass is 9.92. The molecule has 1 unspecified atom stereocenters. The summed E-state index contributed by atoms with van der Waals surface area (Å²) >= 11 is 1.83. The monoisotopic (exact) mass is 300 g/mol. The predicted molar refractivity (Wildman–Crippen MR) is 84.0 cm³/mol. The molecule has 1 amide bonds. The molecule has 2 aliphatic heterocycles. The number of rotatable bonds is 3. The molecule has 20 heavy (non-hydrogen) atoms. The van der Waals surface area contributed by atoms with Gasteiger partial charge in [-0.05, 0) is 25.0 Å². The first-order chi connectivity index (χ1) is 9.30. The molecular weight excluding hydrogens is 272 g/mol. The van der Waals surface area contributed by atoms with Gasteiger partial charge in [-0.25, -0.2) is 0 Å². The zero-order valence-corrected chi connectivity index (χ0v) is 13.8. The van der Waals surface area contributed by atoms with E-state index in [-0.39, 0.29) is 11.3 Å². The summed E-state index contributed by atoms with van der Waals surface area (Å²) in [4.78, 5) is 14.2. The van der Waals surface area contributed by atoms with Crippen LogP contribution in [0.5, 0.6) is 0 Å². The first-order valence-electron chi connectivity index (χ1n) is 7.63. The number of nitrogens with one attached hydrogen (secondary N) is 1. The summed E-state index contributed by atoms with van der Waals surface area (Å²) in [6.45, 7) is 8.30. The zero-order valence-electron chi connectivity index (χ0n) is 12.9. The Morgan fingerprint density at radius 3 is 2.55 bits per heavy atom. The summed E-state index contributed by atoms with van der Waals surface area (Å²) in [5.41, 5.74) is -0.792. The summed E-state index contributed by atoms with van der Waals surface area (Å²) in [7, 11) is 0. The van der Waals surface area contributed by atoms with Crippen LogP contribution in [0.4, 0.5) is 0 Å². The van der Waals surface area contributed by atoms with Crippen molar-refractivity contribution < 1.29 is 9.90 Å². The quantitative estimate of drug-likeness (QED) is 0.829. The van der Waals surface area contributed by atoms with E-state index in [2.05, 4.69) is 5.32 Å². The highest BCUT2D eigenvalue weighted by molar-refractivity contribution is 7.99. The minimum atomic E-state index is -0.511. The number of aliphatic hydroxyl groups is 1. The maximum atomic E-state index is 12.2. The third kappa shape index (κ3) is 4.12. The normalized spacial score (nSPS) is 28.9. The van der Waals surface area contributed by atoms with Crippen molar-refractivity contribution in [2.45, 2.75) is 51.7 Å². The van der Waals surface area contributed by atoms with Crippen molar-refractivity contribution in [1.82, 2.24) is 10.2 Å². The SMILES string of the molecule is CC(C)(C)C(=O)N1CCC(NCC2(O)CCSC2)CC1. The van der Waals surface area contributed by atoms with Crippen LogP contribution in [0.1, 0.15) is 40.0 Å². The van der Waals surface area contributed by atoms with Gasteiger partial charge in [-0.1, -0.05) is 20.8 Å². The number of likely N-dealkylation sites (tertiary alicyclic amines) is 1. The number of piperidine rings is 1. The Balaban J connectivity index is 1.73. The molecule has 0 aromatic rings. The maximum absolute atomic E-state index is 12.2. The molecule has 2 fully saturated rings. The van der Waals surface area contributed by atoms with E-state index in [9.17, 15) is 9.90 Å². The van der Waals surface area contributed by atoms with Gasteiger partial charge in [0.15, 0.2) is 0 Å². The van der Waals surface area contributed by atoms with Crippen molar-refractivity contribution in [2.24, 2.45) is 5.41 Å². The number of carbonyl (C=O) groups is 1. The smallest absolute Gasteiger partial charge is 0.227 e. The second kappa shape index (κ2) is 6.24. The molecule has 5 heteroatoms. The largest absolute Gasteiger partial charge is 0.388 e. The highest BCUT2D eigenvalue weighted by Crippen LogP contribution is 2.27. The van der Waals surface area contributed by atoms with Crippen molar-refractivity contribution in [3.05, 3.63) is 0 Å². The summed E-state index contributed by atoms with van der Waals surface area (Å²) in [6.07, 6.45) is 2.88. The highest BCUT2D eigenvalue weighted by Gasteiger charge is 2.34. The van der Waals surface area contributed by atoms with E-state index in [1.807, 2.05) is 37.4 Å². The highest BCUT2D eigenvalue weighted by atomic mass is 32.2. The van der Waals surface area contributed by atoms with E-state index in [4.69, 9.17) is 0 Å². The molecule has 0 aromatic carbocycles. The van der Waals surface area contributed by atoms with Crippen molar-refractivity contribution in [3.63, 3.8) is 0 Å². The fraction of sp³-hybridized carbons (Fsp3) is 0.933. The third-order valence-electron chi connectivity index (χ3n) is 4.23. The fourth-order valence-electron chi connectivity index (χ4n) is 2.83. The average Bonchev–Trinajstić information content (AvgIpc) is 2.83. The minimum Gasteiger partial charge on any atom is -0.388 e. The van der Waals surface area contributed by atoms with Gasteiger partial charge in [0.05, 0.1) is 5.60 Å². The molecule has 2 rings (SSSR count). The van der Waals surface area contributed by atoms with Crippen LogP contribution in [-0.2, 0) is 4.79 Å². The van der Waals surface area contributed by atoms with Gasteiger partial charge in [0.2, 0.25) is 5.91 Å². The van der Waals surface area contributed by atoms with E-state index in [1.54, 1.807) is 0 Å². The molecule has 1 atom stereocenters. The van der Waals surface area contributed by atoms with Crippen molar-refractivity contribution in [1.29, 1.82) is 0 Å². The number of amides is 1. The molecule has 0 aliphatic carbocycles. The molecule has 2 aliphatic rings. The van der Waals surface area contributed by atoms with Crippen LogP contribution < -0.4 is 5.32 Å². The van der Waals surface area contributed by atoms with Crippen LogP contribution in [0, 0.1) is 5.41 Å². The van der Waals surface area contributed by atoms with Crippen LogP contribution in [0.3, 0.4) is 0 Å². The van der Waals surface area contributed by atoms with Crippen molar-refractivity contribution in [2.75, 3.05) is 31.1 Å². The van der Waals surface area contributed by atoms with Crippen molar-refractivity contribution in [3.8, 4) is 0 Å². The van der Waals surface area contributed by atoms with Gasteiger partial charge in [0.25, 0.3) is 0 Å². The predicted octanol–water partition coefficient (Wildman–Crippen LogP) is 1.48. The fourth-order valence-corrected chi connectivity index (χ4v) is 4.13. The Kier molecular flexibility index (Phi) is 5.03. The maximum Gasteiger partial charge on any atom is 0.227 e. The van der Waals surface area contributed by atoms with Gasteiger partial charge in [0, 0.05) is 36.8 Å². The lowest BCUT2D eigenvalue weighted by molar-refractivity contribution is -0.140. The number of carbonyl (C=O) groups excluding carboxylic acids is 1. The first kappa shape index (κ1) is 16.1. The Hall–Kier alpha value is -0.260. The molecule has 2 N–H and O–H groups in total. The molecule has 2 heterocycles. The molecular formula is C15H28N2O2S. The van der Waals surface area contributed by atoms with E-state index in [1.165, 1.54) is 0 Å². The number of hydrogen-bond acceptors (Lipinski definition) is 4. The van der Waals surface area contributed by atoms with Crippen LogP contribution >= 0.6 is 11.8 Å². The van der Waals surface area contributed by atoms with Gasteiger partial charge >= 0.3 is 0 Å². The first-order valence-corrected chi connectivity index (χ1v) is 8.79. The molecule has 4 nitrogen and oxygen atoms in total. The molecule has 2 saturated heterocycles. The summed E-state index contributed by atoms with van der Waals surface area (Å²) < 4.78 is 0. The van der Waals surface area contributed by atoms with Gasteiger partial charge in [-0.2, -0.15) is 11.8 Å². The lowest BCUT2D eigenvalue weighted by Crippen LogP contribution is -2.51. The second-order valence-electron chi connectivity index (χ2n) is 7.22. The lowest BCUT2D eigenvalue weighted by Gasteiger charge is -2.37. The Morgan fingerprint density at radius 2 is 2.05 bits per heavy atom. The van der Waals surface area contributed by atoms with Crippen LogP contribution in [-0.4, -0.2) is 58.7 Å². The van der Waals surface area contributed by atoms with Crippen LogP contribution in [0.2, 0.25) is 0 Å². The Labute approximate surface area is 126 Å².